The smallest absolute Gasteiger partial charge is 0.155 e. The van der Waals surface area contributed by atoms with Crippen molar-refractivity contribution in [3.63, 3.8) is 0 Å². The second-order valence-electron chi connectivity index (χ2n) is 4.30. The van der Waals surface area contributed by atoms with Crippen LogP contribution in [0.25, 0.3) is 0 Å². The minimum Gasteiger partial charge on any atom is -0.395 e. The van der Waals surface area contributed by atoms with Gasteiger partial charge >= 0.3 is 0 Å². The summed E-state index contributed by atoms with van der Waals surface area (Å²) in [6.07, 6.45) is 0. The summed E-state index contributed by atoms with van der Waals surface area (Å²) in [6.45, 7) is 7.11. The first-order valence-electron chi connectivity index (χ1n) is 4.65. The maximum absolute atomic E-state index is 11.6. The van der Waals surface area contributed by atoms with Gasteiger partial charge in [-0.05, 0) is 20.8 Å². The molecule has 0 bridgehead atoms. The average molecular weight is 240 g/mol. The lowest BCUT2D eigenvalue weighted by molar-refractivity contribution is 0.300. The Labute approximate surface area is 91.2 Å². The van der Waals surface area contributed by atoms with Crippen molar-refractivity contribution in [2.24, 2.45) is 0 Å². The summed E-state index contributed by atoms with van der Waals surface area (Å²) in [5.74, 6) is 0.743. The standard InChI is InChI=1S/C9H20O3S2/c1-8(7-10)13-5-6-14(11,12)9(2,3)4/h8,10H,5-7H2,1-4H3. The van der Waals surface area contributed by atoms with Gasteiger partial charge < -0.3 is 5.11 Å². The first-order valence-corrected chi connectivity index (χ1v) is 7.35. The lowest BCUT2D eigenvalue weighted by atomic mass is 10.3. The highest BCUT2D eigenvalue weighted by atomic mass is 32.2. The number of aliphatic hydroxyl groups is 1. The maximum Gasteiger partial charge on any atom is 0.155 e. The van der Waals surface area contributed by atoms with E-state index >= 15 is 0 Å². The fourth-order valence-electron chi connectivity index (χ4n) is 0.718. The van der Waals surface area contributed by atoms with Crippen LogP contribution >= 0.6 is 11.8 Å². The second-order valence-corrected chi connectivity index (χ2v) is 8.70. The summed E-state index contributed by atoms with van der Waals surface area (Å²) in [7, 11) is -3.00. The molecule has 86 valence electrons. The Morgan fingerprint density at radius 1 is 1.36 bits per heavy atom. The van der Waals surface area contributed by atoms with E-state index in [4.69, 9.17) is 5.11 Å². The Morgan fingerprint density at radius 2 is 1.86 bits per heavy atom. The third-order valence-electron chi connectivity index (χ3n) is 1.94. The van der Waals surface area contributed by atoms with Crippen LogP contribution in [-0.4, -0.2) is 41.6 Å². The second kappa shape index (κ2) is 5.37. The zero-order valence-corrected chi connectivity index (χ0v) is 10.9. The molecule has 0 radical (unpaired) electrons. The van der Waals surface area contributed by atoms with Gasteiger partial charge in [0.25, 0.3) is 0 Å². The molecule has 0 heterocycles. The molecule has 0 rings (SSSR count). The number of sulfone groups is 1. The fourth-order valence-corrected chi connectivity index (χ4v) is 3.10. The van der Waals surface area contributed by atoms with Crippen LogP contribution in [0, 0.1) is 0 Å². The highest BCUT2D eigenvalue weighted by Crippen LogP contribution is 2.18. The molecule has 0 saturated heterocycles. The first-order chi connectivity index (χ1) is 6.20. The van der Waals surface area contributed by atoms with E-state index in [2.05, 4.69) is 0 Å². The number of rotatable bonds is 5. The molecule has 0 aliphatic heterocycles. The van der Waals surface area contributed by atoms with Crippen molar-refractivity contribution in [3.8, 4) is 0 Å². The van der Waals surface area contributed by atoms with Crippen LogP contribution in [-0.2, 0) is 9.84 Å². The lowest BCUT2D eigenvalue weighted by Gasteiger charge is -2.19. The molecule has 5 heteroatoms. The summed E-state index contributed by atoms with van der Waals surface area (Å²) in [4.78, 5) is 0. The summed E-state index contributed by atoms with van der Waals surface area (Å²) in [6, 6.07) is 0. The van der Waals surface area contributed by atoms with Crippen molar-refractivity contribution < 1.29 is 13.5 Å². The molecule has 0 saturated carbocycles. The van der Waals surface area contributed by atoms with Gasteiger partial charge in [0.15, 0.2) is 9.84 Å². The molecule has 1 atom stereocenters. The molecule has 0 aliphatic rings. The van der Waals surface area contributed by atoms with Crippen LogP contribution in [0.5, 0.6) is 0 Å². The summed E-state index contributed by atoms with van der Waals surface area (Å²) >= 11 is 1.49. The molecule has 0 aliphatic carbocycles. The topological polar surface area (TPSA) is 54.4 Å². The molecule has 14 heavy (non-hydrogen) atoms. The quantitative estimate of drug-likeness (QED) is 0.787. The van der Waals surface area contributed by atoms with Gasteiger partial charge in [0.05, 0.1) is 17.1 Å². The highest BCUT2D eigenvalue weighted by molar-refractivity contribution is 8.01. The van der Waals surface area contributed by atoms with Crippen LogP contribution in [0.15, 0.2) is 0 Å². The monoisotopic (exact) mass is 240 g/mol. The van der Waals surface area contributed by atoms with Crippen LogP contribution < -0.4 is 0 Å². The zero-order chi connectivity index (χ0) is 11.4. The van der Waals surface area contributed by atoms with Gasteiger partial charge in [-0.1, -0.05) is 6.92 Å². The molecule has 1 unspecified atom stereocenters. The Bertz CT molecular complexity index is 252. The molecule has 0 aromatic carbocycles. The Hall–Kier alpha value is 0.260. The summed E-state index contributed by atoms with van der Waals surface area (Å²) in [5, 5.41) is 8.87. The lowest BCUT2D eigenvalue weighted by Crippen LogP contribution is -2.31. The van der Waals surface area contributed by atoms with E-state index in [-0.39, 0.29) is 17.6 Å². The van der Waals surface area contributed by atoms with E-state index in [9.17, 15) is 8.42 Å². The van der Waals surface area contributed by atoms with E-state index in [1.165, 1.54) is 11.8 Å². The fraction of sp³-hybridized carbons (Fsp3) is 1.00. The van der Waals surface area contributed by atoms with Crippen LogP contribution in [0.4, 0.5) is 0 Å². The number of hydrogen-bond acceptors (Lipinski definition) is 4. The van der Waals surface area contributed by atoms with Crippen LogP contribution in [0.1, 0.15) is 27.7 Å². The molecule has 0 fully saturated rings. The van der Waals surface area contributed by atoms with Crippen molar-refractivity contribution in [1.29, 1.82) is 0 Å². The minimum absolute atomic E-state index is 0.0975. The predicted octanol–water partition coefficient (Wildman–Crippen LogP) is 1.31. The van der Waals surface area contributed by atoms with Crippen LogP contribution in [0.2, 0.25) is 0 Å². The van der Waals surface area contributed by atoms with Gasteiger partial charge in [-0.2, -0.15) is 11.8 Å². The van der Waals surface area contributed by atoms with Gasteiger partial charge in [0, 0.05) is 11.0 Å². The van der Waals surface area contributed by atoms with Crippen molar-refractivity contribution in [3.05, 3.63) is 0 Å². The van der Waals surface area contributed by atoms with Crippen molar-refractivity contribution in [1.82, 2.24) is 0 Å². The maximum atomic E-state index is 11.6. The Morgan fingerprint density at radius 3 is 2.21 bits per heavy atom. The molecule has 0 amide bonds. The largest absolute Gasteiger partial charge is 0.395 e. The summed E-state index contributed by atoms with van der Waals surface area (Å²) < 4.78 is 22.6. The zero-order valence-electron chi connectivity index (χ0n) is 9.28. The van der Waals surface area contributed by atoms with Gasteiger partial charge in [0.1, 0.15) is 0 Å². The minimum atomic E-state index is -3.00. The van der Waals surface area contributed by atoms with E-state index in [0.717, 1.165) is 0 Å². The molecule has 3 nitrogen and oxygen atoms in total. The van der Waals surface area contributed by atoms with Crippen molar-refractivity contribution in [2.75, 3.05) is 18.1 Å². The summed E-state index contributed by atoms with van der Waals surface area (Å²) in [5.41, 5.74) is 0. The molecular weight excluding hydrogens is 220 g/mol. The predicted molar refractivity (Wildman–Crippen MR) is 62.5 cm³/mol. The van der Waals surface area contributed by atoms with Gasteiger partial charge in [-0.25, -0.2) is 8.42 Å². The molecule has 1 N–H and O–H groups in total. The molecule has 0 aromatic rings. The van der Waals surface area contributed by atoms with Gasteiger partial charge in [0.2, 0.25) is 0 Å². The first kappa shape index (κ1) is 14.3. The molecule has 0 spiro atoms. The average Bonchev–Trinajstić information content (AvgIpc) is 2.01. The SMILES string of the molecule is CC(CO)SCCS(=O)(=O)C(C)(C)C. The van der Waals surface area contributed by atoms with Crippen molar-refractivity contribution in [2.45, 2.75) is 37.7 Å². The van der Waals surface area contributed by atoms with E-state index < -0.39 is 14.6 Å². The Kier molecular flexibility index (Phi) is 5.47. The Balaban J connectivity index is 4.03. The van der Waals surface area contributed by atoms with Gasteiger partial charge in [-0.15, -0.1) is 0 Å². The number of hydrogen-bond donors (Lipinski definition) is 1. The van der Waals surface area contributed by atoms with E-state index in [0.29, 0.717) is 5.75 Å². The van der Waals surface area contributed by atoms with Crippen molar-refractivity contribution >= 4 is 21.6 Å². The van der Waals surface area contributed by atoms with Crippen LogP contribution in [0.3, 0.4) is 0 Å². The highest BCUT2D eigenvalue weighted by Gasteiger charge is 2.28. The molecule has 0 aromatic heterocycles. The third kappa shape index (κ3) is 4.66. The molecular formula is C9H20O3S2. The normalized spacial score (nSPS) is 15.5. The van der Waals surface area contributed by atoms with Gasteiger partial charge in [-0.3, -0.25) is 0 Å². The van der Waals surface area contributed by atoms with E-state index in [1.54, 1.807) is 20.8 Å². The third-order valence-corrected chi connectivity index (χ3v) is 5.97. The number of aliphatic hydroxyl groups excluding tert-OH is 1. The number of thioether (sulfide) groups is 1. The van der Waals surface area contributed by atoms with E-state index in [1.807, 2.05) is 6.92 Å².